The van der Waals surface area contributed by atoms with Gasteiger partial charge in [0.1, 0.15) is 11.5 Å². The zero-order valence-corrected chi connectivity index (χ0v) is 12.3. The van der Waals surface area contributed by atoms with Gasteiger partial charge in [0, 0.05) is 5.41 Å². The van der Waals surface area contributed by atoms with Crippen LogP contribution in [0.3, 0.4) is 0 Å². The molecule has 0 saturated carbocycles. The molecule has 2 aromatic rings. The Morgan fingerprint density at radius 1 is 1.00 bits per heavy atom. The normalized spacial score (nSPS) is 21.7. The molecule has 0 aliphatic heterocycles. The van der Waals surface area contributed by atoms with Gasteiger partial charge in [0.15, 0.2) is 0 Å². The molecule has 0 aromatic heterocycles. The summed E-state index contributed by atoms with van der Waals surface area (Å²) < 4.78 is 0. The number of fused-ring (bicyclic) bond motifs is 1. The molecule has 0 saturated heterocycles. The average molecular weight is 280 g/mol. The minimum absolute atomic E-state index is 0.143. The molecule has 1 unspecified atom stereocenters. The second-order valence-corrected chi connectivity index (χ2v) is 6.05. The second kappa shape index (κ2) is 4.96. The Labute approximate surface area is 125 Å². The number of allylic oxidation sites excluding steroid dienone is 1. The Bertz CT molecular complexity index is 685. The maximum absolute atomic E-state index is 9.69. The molecule has 2 aromatic carbocycles. The molecule has 2 heteroatoms. The van der Waals surface area contributed by atoms with Crippen LogP contribution in [0.15, 0.2) is 49.0 Å². The molecule has 1 atom stereocenters. The number of hydrogen-bond acceptors (Lipinski definition) is 2. The molecule has 21 heavy (non-hydrogen) atoms. The fraction of sp³-hybridized carbons (Fsp3) is 0.263. The predicted molar refractivity (Wildman–Crippen MR) is 85.5 cm³/mol. The summed E-state index contributed by atoms with van der Waals surface area (Å²) in [6, 6.07) is 13.0. The van der Waals surface area contributed by atoms with Gasteiger partial charge in [-0.15, -0.1) is 0 Å². The molecular weight excluding hydrogens is 260 g/mol. The van der Waals surface area contributed by atoms with Crippen molar-refractivity contribution in [2.24, 2.45) is 0 Å². The molecule has 0 fully saturated rings. The van der Waals surface area contributed by atoms with Crippen molar-refractivity contribution in [3.05, 3.63) is 65.7 Å². The summed E-state index contributed by atoms with van der Waals surface area (Å²) >= 11 is 0. The number of aryl methyl sites for hydroxylation is 1. The van der Waals surface area contributed by atoms with Crippen molar-refractivity contribution in [3.8, 4) is 11.5 Å². The van der Waals surface area contributed by atoms with Gasteiger partial charge in [-0.05, 0) is 65.8 Å². The summed E-state index contributed by atoms with van der Waals surface area (Å²) in [6.45, 7) is 6.57. The molecule has 1 aliphatic rings. The minimum atomic E-state index is -0.143. The van der Waals surface area contributed by atoms with Gasteiger partial charge in [-0.2, -0.15) is 0 Å². The molecule has 2 nitrogen and oxygen atoms in total. The molecule has 0 amide bonds. The van der Waals surface area contributed by atoms with Crippen molar-refractivity contribution in [3.63, 3.8) is 0 Å². The monoisotopic (exact) mass is 280 g/mol. The van der Waals surface area contributed by atoms with Gasteiger partial charge in [0.2, 0.25) is 0 Å². The van der Waals surface area contributed by atoms with Crippen molar-refractivity contribution in [2.45, 2.75) is 31.6 Å². The topological polar surface area (TPSA) is 40.5 Å². The molecule has 0 bridgehead atoms. The number of phenols is 2. The van der Waals surface area contributed by atoms with Gasteiger partial charge in [-0.1, -0.05) is 31.7 Å². The van der Waals surface area contributed by atoms with E-state index in [0.29, 0.717) is 5.75 Å². The smallest absolute Gasteiger partial charge is 0.115 e. The van der Waals surface area contributed by atoms with Gasteiger partial charge in [0.05, 0.1) is 0 Å². The van der Waals surface area contributed by atoms with Crippen molar-refractivity contribution >= 4 is 5.57 Å². The average Bonchev–Trinajstić information content (AvgIpc) is 2.58. The van der Waals surface area contributed by atoms with Crippen molar-refractivity contribution in [1.82, 2.24) is 0 Å². The lowest BCUT2D eigenvalue weighted by molar-refractivity contribution is 0.473. The van der Waals surface area contributed by atoms with E-state index in [0.717, 1.165) is 30.4 Å². The predicted octanol–water partition coefficient (Wildman–Crippen LogP) is 4.41. The quantitative estimate of drug-likeness (QED) is 0.760. The highest BCUT2D eigenvalue weighted by Gasteiger charge is 2.33. The van der Waals surface area contributed by atoms with Crippen LogP contribution in [0.1, 0.15) is 36.5 Å². The van der Waals surface area contributed by atoms with Crippen molar-refractivity contribution in [2.75, 3.05) is 0 Å². The van der Waals surface area contributed by atoms with Gasteiger partial charge in [-0.25, -0.2) is 0 Å². The summed E-state index contributed by atoms with van der Waals surface area (Å²) in [4.78, 5) is 0. The molecule has 108 valence electrons. The van der Waals surface area contributed by atoms with E-state index < -0.39 is 0 Å². The van der Waals surface area contributed by atoms with Crippen molar-refractivity contribution in [1.29, 1.82) is 0 Å². The van der Waals surface area contributed by atoms with Crippen LogP contribution in [0, 0.1) is 0 Å². The van der Waals surface area contributed by atoms with E-state index in [1.807, 2.05) is 24.3 Å². The van der Waals surface area contributed by atoms with Crippen LogP contribution < -0.4 is 0 Å². The van der Waals surface area contributed by atoms with E-state index in [1.165, 1.54) is 11.1 Å². The molecule has 2 N–H and O–H groups in total. The fourth-order valence-electron chi connectivity index (χ4n) is 3.31. The van der Waals surface area contributed by atoms with E-state index in [4.69, 9.17) is 0 Å². The molecule has 0 spiro atoms. The fourth-order valence-corrected chi connectivity index (χ4v) is 3.31. The lowest BCUT2D eigenvalue weighted by Crippen LogP contribution is -2.22. The third-order valence-electron chi connectivity index (χ3n) is 4.71. The highest BCUT2D eigenvalue weighted by Crippen LogP contribution is 2.45. The van der Waals surface area contributed by atoms with Crippen molar-refractivity contribution < 1.29 is 10.2 Å². The van der Waals surface area contributed by atoms with Gasteiger partial charge < -0.3 is 10.2 Å². The third kappa shape index (κ3) is 2.31. The Hall–Kier alpha value is -2.22. The summed E-state index contributed by atoms with van der Waals surface area (Å²) in [5.74, 6) is 0.599. The number of rotatable bonds is 1. The maximum atomic E-state index is 9.69. The molecule has 1 aliphatic carbocycles. The first-order valence-corrected chi connectivity index (χ1v) is 7.32. The van der Waals surface area contributed by atoms with Gasteiger partial charge in [0.25, 0.3) is 0 Å². The first kappa shape index (κ1) is 13.7. The largest absolute Gasteiger partial charge is 0.508 e. The van der Waals surface area contributed by atoms with E-state index >= 15 is 0 Å². The highest BCUT2D eigenvalue weighted by molar-refractivity contribution is 5.76. The summed E-state index contributed by atoms with van der Waals surface area (Å²) in [7, 11) is 0. The Balaban J connectivity index is 2.09. The Morgan fingerprint density at radius 3 is 2.38 bits per heavy atom. The van der Waals surface area contributed by atoms with Crippen LogP contribution in [0.25, 0.3) is 5.57 Å². The number of benzene rings is 2. The van der Waals surface area contributed by atoms with Crippen LogP contribution in [0.4, 0.5) is 0 Å². The Kier molecular flexibility index (Phi) is 3.25. The highest BCUT2D eigenvalue weighted by atomic mass is 16.3. The maximum Gasteiger partial charge on any atom is 0.115 e. The Morgan fingerprint density at radius 2 is 1.67 bits per heavy atom. The number of phenolic OH excluding ortho intramolecular Hbond substituents is 2. The molecule has 3 rings (SSSR count). The lowest BCUT2D eigenvalue weighted by atomic mass is 9.72. The molecular formula is C19H20O2. The van der Waals surface area contributed by atoms with Gasteiger partial charge >= 0.3 is 0 Å². The molecule has 0 heterocycles. The van der Waals surface area contributed by atoms with E-state index in [2.05, 4.69) is 13.5 Å². The zero-order valence-electron chi connectivity index (χ0n) is 12.3. The van der Waals surface area contributed by atoms with Crippen LogP contribution in [-0.2, 0) is 11.8 Å². The van der Waals surface area contributed by atoms with E-state index in [1.54, 1.807) is 18.2 Å². The standard InChI is InChI=1S/C19H20O2/c1-13-18-10-9-17(21)12-14(18)4-3-11-19(13,2)15-5-7-16(20)8-6-15/h5-10,12,20-21H,1,3-4,11H2,2H3. The number of aromatic hydroxyl groups is 2. The van der Waals surface area contributed by atoms with Crippen LogP contribution in [-0.4, -0.2) is 10.2 Å². The third-order valence-corrected chi connectivity index (χ3v) is 4.71. The SMILES string of the molecule is C=C1c2ccc(O)cc2CCCC1(C)c1ccc(O)cc1. The first-order chi connectivity index (χ1) is 10.0. The first-order valence-electron chi connectivity index (χ1n) is 7.32. The van der Waals surface area contributed by atoms with Crippen LogP contribution in [0.2, 0.25) is 0 Å². The van der Waals surface area contributed by atoms with Crippen LogP contribution in [0.5, 0.6) is 11.5 Å². The molecule has 0 radical (unpaired) electrons. The minimum Gasteiger partial charge on any atom is -0.508 e. The van der Waals surface area contributed by atoms with Crippen LogP contribution >= 0.6 is 0 Å². The van der Waals surface area contributed by atoms with Gasteiger partial charge in [-0.3, -0.25) is 0 Å². The lowest BCUT2D eigenvalue weighted by Gasteiger charge is -2.32. The summed E-state index contributed by atoms with van der Waals surface area (Å²) in [5.41, 5.74) is 4.42. The van der Waals surface area contributed by atoms with E-state index in [9.17, 15) is 10.2 Å². The summed E-state index contributed by atoms with van der Waals surface area (Å²) in [6.07, 6.45) is 3.01. The van der Waals surface area contributed by atoms with E-state index in [-0.39, 0.29) is 11.2 Å². The summed E-state index contributed by atoms with van der Waals surface area (Å²) in [5, 5.41) is 19.2. The second-order valence-electron chi connectivity index (χ2n) is 6.05. The zero-order chi connectivity index (χ0) is 15.0. The number of hydrogen-bond donors (Lipinski definition) is 2.